The number of hydrogen-bond acceptors (Lipinski definition) is 6. The molecule has 0 aromatic heterocycles. The number of methoxy groups -OCH3 is 4. The van der Waals surface area contributed by atoms with Gasteiger partial charge in [-0.25, -0.2) is 9.59 Å². The second kappa shape index (κ2) is 11.1. The molecule has 0 saturated carbocycles. The molecule has 0 fully saturated rings. The van der Waals surface area contributed by atoms with Crippen LogP contribution in [0.25, 0.3) is 5.57 Å². The minimum atomic E-state index is -0.594. The predicted molar refractivity (Wildman–Crippen MR) is 121 cm³/mol. The largest absolute Gasteiger partial charge is 0.495 e. The van der Waals surface area contributed by atoms with Crippen molar-refractivity contribution in [1.29, 1.82) is 0 Å². The molecular formula is C23H24Cl2O6. The van der Waals surface area contributed by atoms with E-state index < -0.39 is 11.9 Å². The molecule has 0 heterocycles. The molecule has 0 unspecified atom stereocenters. The Kier molecular flexibility index (Phi) is 8.77. The van der Waals surface area contributed by atoms with Gasteiger partial charge in [0.05, 0.1) is 28.4 Å². The van der Waals surface area contributed by atoms with Gasteiger partial charge in [0.2, 0.25) is 0 Å². The highest BCUT2D eigenvalue weighted by Crippen LogP contribution is 2.42. The van der Waals surface area contributed by atoms with Crippen molar-refractivity contribution in [2.45, 2.75) is 19.8 Å². The molecule has 8 heteroatoms. The van der Waals surface area contributed by atoms with E-state index in [1.807, 2.05) is 13.0 Å². The van der Waals surface area contributed by atoms with Crippen LogP contribution in [0.4, 0.5) is 0 Å². The van der Waals surface area contributed by atoms with E-state index in [1.54, 1.807) is 12.1 Å². The van der Waals surface area contributed by atoms with Crippen molar-refractivity contribution in [2.75, 3.05) is 28.4 Å². The summed E-state index contributed by atoms with van der Waals surface area (Å²) in [5.74, 6) is -0.631. The van der Waals surface area contributed by atoms with Gasteiger partial charge in [0.25, 0.3) is 0 Å². The lowest BCUT2D eigenvalue weighted by atomic mass is 9.92. The van der Waals surface area contributed by atoms with Crippen LogP contribution in [0, 0.1) is 0 Å². The summed E-state index contributed by atoms with van der Waals surface area (Å²) in [7, 11) is 5.45. The third kappa shape index (κ3) is 5.32. The normalized spacial score (nSPS) is 10.3. The van der Waals surface area contributed by atoms with E-state index in [2.05, 4.69) is 0 Å². The third-order valence-electron chi connectivity index (χ3n) is 4.54. The number of benzene rings is 2. The molecule has 0 aliphatic carbocycles. The van der Waals surface area contributed by atoms with Crippen LogP contribution in [0.3, 0.4) is 0 Å². The van der Waals surface area contributed by atoms with Crippen LogP contribution in [-0.2, 0) is 9.47 Å². The second-order valence-corrected chi connectivity index (χ2v) is 7.33. The van der Waals surface area contributed by atoms with E-state index in [1.165, 1.54) is 40.6 Å². The van der Waals surface area contributed by atoms with Crippen molar-refractivity contribution < 1.29 is 28.5 Å². The van der Waals surface area contributed by atoms with Crippen molar-refractivity contribution in [3.8, 4) is 11.5 Å². The summed E-state index contributed by atoms with van der Waals surface area (Å²) in [5, 5.41) is 0.626. The molecule has 0 saturated heterocycles. The first-order chi connectivity index (χ1) is 14.8. The summed E-state index contributed by atoms with van der Waals surface area (Å²) < 4.78 is 20.9. The van der Waals surface area contributed by atoms with Gasteiger partial charge in [0.1, 0.15) is 22.6 Å². The maximum absolute atomic E-state index is 12.3. The maximum atomic E-state index is 12.3. The smallest absolute Gasteiger partial charge is 0.341 e. The number of allylic oxidation sites excluding steroid dienone is 1. The molecule has 0 radical (unpaired) electrons. The van der Waals surface area contributed by atoms with E-state index >= 15 is 0 Å². The zero-order chi connectivity index (χ0) is 23.1. The third-order valence-corrected chi connectivity index (χ3v) is 4.98. The number of carbonyl (C=O) groups excluding carboxylic acids is 2. The van der Waals surface area contributed by atoms with Crippen LogP contribution in [0.15, 0.2) is 30.3 Å². The van der Waals surface area contributed by atoms with Crippen LogP contribution in [0.1, 0.15) is 51.6 Å². The van der Waals surface area contributed by atoms with Crippen LogP contribution in [0.2, 0.25) is 10.0 Å². The highest BCUT2D eigenvalue weighted by molar-refractivity contribution is 6.32. The lowest BCUT2D eigenvalue weighted by Gasteiger charge is -2.20. The Morgan fingerprint density at radius 1 is 0.774 bits per heavy atom. The molecule has 0 atom stereocenters. The average Bonchev–Trinajstić information content (AvgIpc) is 2.77. The van der Waals surface area contributed by atoms with Gasteiger partial charge >= 0.3 is 11.9 Å². The van der Waals surface area contributed by atoms with Gasteiger partial charge in [-0.15, -0.1) is 0 Å². The van der Waals surface area contributed by atoms with Gasteiger partial charge in [-0.2, -0.15) is 0 Å². The number of unbranched alkanes of at least 4 members (excludes halogenated alkanes) is 1. The zero-order valence-corrected chi connectivity index (χ0v) is 19.5. The SMILES string of the molecule is CCCC=C(c1cc(Cl)cc(C(=O)OC)c1OC)c1cc(Cl)cc(C(=O)OC)c1OC. The van der Waals surface area contributed by atoms with E-state index in [9.17, 15) is 9.59 Å². The molecule has 2 aromatic carbocycles. The number of esters is 2. The van der Waals surface area contributed by atoms with Gasteiger partial charge in [-0.05, 0) is 36.3 Å². The summed E-state index contributed by atoms with van der Waals surface area (Å²) in [5.41, 5.74) is 2.03. The summed E-state index contributed by atoms with van der Waals surface area (Å²) in [6, 6.07) is 6.30. The fourth-order valence-corrected chi connectivity index (χ4v) is 3.64. The van der Waals surface area contributed by atoms with Gasteiger partial charge < -0.3 is 18.9 Å². The molecule has 6 nitrogen and oxygen atoms in total. The summed E-state index contributed by atoms with van der Waals surface area (Å²) >= 11 is 12.7. The Labute approximate surface area is 191 Å². The van der Waals surface area contributed by atoms with Crippen LogP contribution >= 0.6 is 23.2 Å². The number of carbonyl (C=O) groups is 2. The highest BCUT2D eigenvalue weighted by atomic mass is 35.5. The first-order valence-electron chi connectivity index (χ1n) is 9.45. The molecule has 0 N–H and O–H groups in total. The van der Waals surface area contributed by atoms with E-state index in [-0.39, 0.29) is 22.6 Å². The zero-order valence-electron chi connectivity index (χ0n) is 18.0. The maximum Gasteiger partial charge on any atom is 0.341 e. The average molecular weight is 467 g/mol. The Morgan fingerprint density at radius 3 is 1.48 bits per heavy atom. The standard InChI is InChI=1S/C23H24Cl2O6/c1-6-7-8-15(16-9-13(24)11-18(20(16)28-2)22(26)30-4)17-10-14(25)12-19(21(17)29-3)23(27)31-5/h8-12H,6-7H2,1-5H3. The molecule has 166 valence electrons. The monoisotopic (exact) mass is 466 g/mol. The van der Waals surface area contributed by atoms with Crippen LogP contribution < -0.4 is 9.47 Å². The fraction of sp³-hybridized carbons (Fsp3) is 0.304. The molecule has 0 aliphatic heterocycles. The van der Waals surface area contributed by atoms with Crippen molar-refractivity contribution >= 4 is 40.7 Å². The first-order valence-corrected chi connectivity index (χ1v) is 10.2. The number of hydrogen-bond donors (Lipinski definition) is 0. The van der Waals surface area contributed by atoms with E-state index in [0.717, 1.165) is 6.42 Å². The quantitative estimate of drug-likeness (QED) is 0.456. The van der Waals surface area contributed by atoms with E-state index in [4.69, 9.17) is 42.1 Å². The first kappa shape index (κ1) is 24.6. The molecule has 0 aliphatic rings. The summed E-state index contributed by atoms with van der Waals surface area (Å²) in [4.78, 5) is 24.7. The molecule has 2 aromatic rings. The molecular weight excluding hydrogens is 443 g/mol. The van der Waals surface area contributed by atoms with Crippen molar-refractivity contribution in [3.63, 3.8) is 0 Å². The Hall–Kier alpha value is -2.70. The van der Waals surface area contributed by atoms with Crippen LogP contribution in [-0.4, -0.2) is 40.4 Å². The van der Waals surface area contributed by atoms with Crippen molar-refractivity contribution in [2.24, 2.45) is 0 Å². The van der Waals surface area contributed by atoms with Gasteiger partial charge in [-0.1, -0.05) is 42.6 Å². The van der Waals surface area contributed by atoms with Gasteiger partial charge in [-0.3, -0.25) is 0 Å². The van der Waals surface area contributed by atoms with Crippen molar-refractivity contribution in [3.05, 3.63) is 62.6 Å². The summed E-state index contributed by atoms with van der Waals surface area (Å²) in [6.45, 7) is 2.03. The Morgan fingerprint density at radius 2 is 1.16 bits per heavy atom. The predicted octanol–water partition coefficient (Wildman–Crippen LogP) is 5.82. The second-order valence-electron chi connectivity index (χ2n) is 6.46. The number of ether oxygens (including phenoxy) is 4. The van der Waals surface area contributed by atoms with Gasteiger partial charge in [0, 0.05) is 21.2 Å². The van der Waals surface area contributed by atoms with Crippen molar-refractivity contribution in [1.82, 2.24) is 0 Å². The molecule has 0 bridgehead atoms. The Bertz CT molecular complexity index is 938. The molecule has 0 spiro atoms. The fourth-order valence-electron chi connectivity index (χ4n) is 3.20. The lowest BCUT2D eigenvalue weighted by Crippen LogP contribution is -2.09. The Balaban J connectivity index is 2.93. The number of halogens is 2. The minimum Gasteiger partial charge on any atom is -0.495 e. The lowest BCUT2D eigenvalue weighted by molar-refractivity contribution is 0.0588. The minimum absolute atomic E-state index is 0.170. The molecule has 0 amide bonds. The van der Waals surface area contributed by atoms with Gasteiger partial charge in [0.15, 0.2) is 0 Å². The van der Waals surface area contributed by atoms with Crippen LogP contribution in [0.5, 0.6) is 11.5 Å². The molecule has 31 heavy (non-hydrogen) atoms. The highest BCUT2D eigenvalue weighted by Gasteiger charge is 2.25. The number of rotatable bonds is 8. The van der Waals surface area contributed by atoms with E-state index in [0.29, 0.717) is 33.2 Å². The summed E-state index contributed by atoms with van der Waals surface area (Å²) in [6.07, 6.45) is 3.50. The molecule has 2 rings (SSSR count). The topological polar surface area (TPSA) is 71.1 Å².